The normalized spacial score (nSPS) is 13.3. The number of carbonyl (C=O) groups is 2. The highest BCUT2D eigenvalue weighted by molar-refractivity contribution is 6.33. The van der Waals surface area contributed by atoms with Crippen molar-refractivity contribution in [3.63, 3.8) is 0 Å². The number of benzene rings is 1. The summed E-state index contributed by atoms with van der Waals surface area (Å²) in [5.41, 5.74) is -4.36. The summed E-state index contributed by atoms with van der Waals surface area (Å²) in [6.07, 6.45) is -7.61. The maximum Gasteiger partial charge on any atom is 0.434 e. The summed E-state index contributed by atoms with van der Waals surface area (Å²) in [6, 6.07) is 4.74. The van der Waals surface area contributed by atoms with E-state index in [-0.39, 0.29) is 46.4 Å². The summed E-state index contributed by atoms with van der Waals surface area (Å²) >= 11 is 6.69. The van der Waals surface area contributed by atoms with Crippen molar-refractivity contribution in [3.8, 4) is 23.3 Å². The van der Waals surface area contributed by atoms with E-state index in [0.717, 1.165) is 4.57 Å². The molecule has 0 aliphatic carbocycles. The number of nitriles is 1. The molecule has 10 nitrogen and oxygen atoms in total. The highest BCUT2D eigenvalue weighted by atomic mass is 35.5. The maximum atomic E-state index is 14.6. The smallest absolute Gasteiger partial charge is 0.434 e. The number of amides is 2. The third-order valence-electron chi connectivity index (χ3n) is 6.21. The molecule has 2 amide bonds. The monoisotopic (exact) mass is 622 g/mol. The lowest BCUT2D eigenvalue weighted by atomic mass is 10.1. The molecule has 3 aromatic rings. The van der Waals surface area contributed by atoms with Crippen LogP contribution < -0.4 is 14.4 Å². The molecule has 1 aromatic carbocycles. The van der Waals surface area contributed by atoms with Gasteiger partial charge < -0.3 is 18.9 Å². The Kier molecular flexibility index (Phi) is 7.99. The molecular formula is C29H30ClF3N4O6. The molecule has 0 atom stereocenters. The molecule has 230 valence electrons. The lowest BCUT2D eigenvalue weighted by molar-refractivity contribution is -0.139. The first-order chi connectivity index (χ1) is 19.8. The topological polar surface area (TPSA) is 116 Å². The number of halogens is 4. The number of pyridine rings is 1. The van der Waals surface area contributed by atoms with Crippen molar-refractivity contribution in [2.24, 2.45) is 0 Å². The lowest BCUT2D eigenvalue weighted by Gasteiger charge is -2.29. The molecule has 2 aromatic heterocycles. The highest BCUT2D eigenvalue weighted by Gasteiger charge is 2.45. The Hall–Kier alpha value is -4.18. The number of nitrogens with zero attached hydrogens (tertiary/aromatic N) is 4. The number of hydrogen-bond donors (Lipinski definition) is 0. The first-order valence-electron chi connectivity index (χ1n) is 13.1. The number of hydrogen-bond acceptors (Lipinski definition) is 8. The van der Waals surface area contributed by atoms with Gasteiger partial charge in [-0.15, -0.1) is 0 Å². The quantitative estimate of drug-likeness (QED) is 0.295. The van der Waals surface area contributed by atoms with Crippen LogP contribution in [0.3, 0.4) is 0 Å². The fraction of sp³-hybridized carbons (Fsp3) is 0.448. The Bertz CT molecular complexity index is 1650. The van der Waals surface area contributed by atoms with Crippen molar-refractivity contribution >= 4 is 40.5 Å². The van der Waals surface area contributed by atoms with Gasteiger partial charge in [0.1, 0.15) is 34.1 Å². The van der Waals surface area contributed by atoms with Crippen LogP contribution in [0.1, 0.15) is 64.1 Å². The number of alkyl halides is 3. The number of rotatable bonds is 3. The molecule has 3 heterocycles. The van der Waals surface area contributed by atoms with E-state index >= 15 is 0 Å². The van der Waals surface area contributed by atoms with Gasteiger partial charge in [0, 0.05) is 12.0 Å². The van der Waals surface area contributed by atoms with E-state index in [0.29, 0.717) is 10.5 Å². The second-order valence-corrected chi connectivity index (χ2v) is 12.1. The van der Waals surface area contributed by atoms with E-state index in [9.17, 15) is 28.0 Å². The van der Waals surface area contributed by atoms with Gasteiger partial charge in [-0.2, -0.15) is 23.3 Å². The second kappa shape index (κ2) is 10.8. The van der Waals surface area contributed by atoms with Crippen LogP contribution in [-0.2, 0) is 22.1 Å². The second-order valence-electron chi connectivity index (χ2n) is 11.7. The highest BCUT2D eigenvalue weighted by Crippen LogP contribution is 2.49. The number of carbonyl (C=O) groups excluding carboxylic acids is 2. The number of imide groups is 1. The summed E-state index contributed by atoms with van der Waals surface area (Å²) < 4.78 is 67.2. The zero-order valence-electron chi connectivity index (χ0n) is 24.8. The molecule has 43 heavy (non-hydrogen) atoms. The molecular weight excluding hydrogens is 593 g/mol. The summed E-state index contributed by atoms with van der Waals surface area (Å²) in [5, 5.41) is 9.76. The summed E-state index contributed by atoms with van der Waals surface area (Å²) in [6.45, 7) is 10.8. The Morgan fingerprint density at radius 3 is 2.16 bits per heavy atom. The number of anilines is 1. The molecule has 0 saturated carbocycles. The van der Waals surface area contributed by atoms with Gasteiger partial charge in [0.05, 0.1) is 35.5 Å². The van der Waals surface area contributed by atoms with Gasteiger partial charge in [-0.05, 0) is 60.6 Å². The van der Waals surface area contributed by atoms with E-state index < -0.39 is 52.0 Å². The number of ether oxygens (including phenoxy) is 4. The SMILES string of the molecule is COc1ccc(Cl)c(-n2c(N(C(=O)OC(C)(C)C)C(=O)OC(C)(C)C)c(C#N)c3c(C(F)(F)F)nc4c(c32)OCC4)c1C. The van der Waals surface area contributed by atoms with Crippen molar-refractivity contribution in [2.45, 2.75) is 72.3 Å². The van der Waals surface area contributed by atoms with Crippen LogP contribution in [0.15, 0.2) is 12.1 Å². The van der Waals surface area contributed by atoms with Crippen LogP contribution in [0.2, 0.25) is 5.02 Å². The van der Waals surface area contributed by atoms with Crippen LogP contribution in [-0.4, -0.2) is 46.7 Å². The van der Waals surface area contributed by atoms with Gasteiger partial charge in [0.15, 0.2) is 17.3 Å². The van der Waals surface area contributed by atoms with Crippen molar-refractivity contribution in [2.75, 3.05) is 18.6 Å². The molecule has 14 heteroatoms. The average molecular weight is 623 g/mol. The number of fused-ring (bicyclic) bond motifs is 3. The maximum absolute atomic E-state index is 14.6. The molecule has 1 aliphatic heterocycles. The molecule has 0 unspecified atom stereocenters. The van der Waals surface area contributed by atoms with Gasteiger partial charge in [0.2, 0.25) is 0 Å². The summed E-state index contributed by atoms with van der Waals surface area (Å²) in [7, 11) is 1.38. The van der Waals surface area contributed by atoms with Gasteiger partial charge in [-0.25, -0.2) is 14.6 Å². The summed E-state index contributed by atoms with van der Waals surface area (Å²) in [4.78, 5) is 31.8. The van der Waals surface area contributed by atoms with Gasteiger partial charge in [-0.3, -0.25) is 4.57 Å². The van der Waals surface area contributed by atoms with Gasteiger partial charge >= 0.3 is 18.4 Å². The van der Waals surface area contributed by atoms with Crippen LogP contribution in [0.25, 0.3) is 16.6 Å². The minimum Gasteiger partial charge on any atom is -0.496 e. The van der Waals surface area contributed by atoms with Gasteiger partial charge in [-0.1, -0.05) is 11.6 Å². The zero-order valence-corrected chi connectivity index (χ0v) is 25.6. The molecule has 0 bridgehead atoms. The number of aromatic nitrogens is 2. The van der Waals surface area contributed by atoms with E-state index in [1.165, 1.54) is 54.7 Å². The first-order valence-corrected chi connectivity index (χ1v) is 13.5. The van der Waals surface area contributed by atoms with Crippen LogP contribution in [0.4, 0.5) is 28.6 Å². The molecule has 0 N–H and O–H groups in total. The third kappa shape index (κ3) is 5.88. The largest absolute Gasteiger partial charge is 0.496 e. The minimum atomic E-state index is -5.04. The number of methoxy groups -OCH3 is 1. The predicted molar refractivity (Wildman–Crippen MR) is 151 cm³/mol. The lowest BCUT2D eigenvalue weighted by Crippen LogP contribution is -2.45. The van der Waals surface area contributed by atoms with Crippen molar-refractivity contribution in [3.05, 3.63) is 39.7 Å². The van der Waals surface area contributed by atoms with Crippen molar-refractivity contribution in [1.29, 1.82) is 5.26 Å². The Balaban J connectivity index is 2.32. The predicted octanol–water partition coefficient (Wildman–Crippen LogP) is 7.50. The van der Waals surface area contributed by atoms with E-state index in [1.54, 1.807) is 19.1 Å². The fourth-order valence-electron chi connectivity index (χ4n) is 4.70. The van der Waals surface area contributed by atoms with E-state index in [4.69, 9.17) is 30.5 Å². The summed E-state index contributed by atoms with van der Waals surface area (Å²) in [5.74, 6) is -0.373. The molecule has 0 spiro atoms. The zero-order chi connectivity index (χ0) is 32.2. The standard InChI is InChI=1S/C29H30ClF3N4O6/c1-14-18(40-8)10-9-16(30)20(14)36-21-19(23(29(31,32)33)35-17-11-12-41-22(17)21)15(13-34)24(36)37(25(38)42-27(2,3)4)26(39)43-28(5,6)7/h9-10H,11-12H2,1-8H3. The van der Waals surface area contributed by atoms with Gasteiger partial charge in [0.25, 0.3) is 0 Å². The van der Waals surface area contributed by atoms with Crippen LogP contribution in [0.5, 0.6) is 11.5 Å². The molecule has 0 fully saturated rings. The van der Waals surface area contributed by atoms with E-state index in [2.05, 4.69) is 4.98 Å². The van der Waals surface area contributed by atoms with Crippen LogP contribution in [0, 0.1) is 18.3 Å². The minimum absolute atomic E-state index is 0.00591. The molecule has 0 radical (unpaired) electrons. The fourth-order valence-corrected chi connectivity index (χ4v) is 4.99. The molecule has 4 rings (SSSR count). The van der Waals surface area contributed by atoms with Crippen molar-refractivity contribution in [1.82, 2.24) is 9.55 Å². The first kappa shape index (κ1) is 31.7. The Morgan fingerprint density at radius 1 is 1.09 bits per heavy atom. The third-order valence-corrected chi connectivity index (χ3v) is 6.52. The Morgan fingerprint density at radius 2 is 1.67 bits per heavy atom. The molecule has 1 aliphatic rings. The molecule has 0 saturated heterocycles. The van der Waals surface area contributed by atoms with E-state index in [1.807, 2.05) is 0 Å². The van der Waals surface area contributed by atoms with Crippen molar-refractivity contribution < 1.29 is 41.7 Å². The average Bonchev–Trinajstić information content (AvgIpc) is 3.44. The van der Waals surface area contributed by atoms with Crippen LogP contribution >= 0.6 is 11.6 Å². The Labute approximate surface area is 250 Å².